The first kappa shape index (κ1) is 10.1. The molecule has 13 heavy (non-hydrogen) atoms. The topological polar surface area (TPSA) is 13.1 Å². The summed E-state index contributed by atoms with van der Waals surface area (Å²) in [6.07, 6.45) is 7.42. The van der Waals surface area contributed by atoms with Gasteiger partial charge in [0.05, 0.1) is 0 Å². The Balaban J connectivity index is 2.38. The minimum Gasteiger partial charge on any atom is -0.466 e. The van der Waals surface area contributed by atoms with Gasteiger partial charge in [-0.2, -0.15) is 0 Å². The third kappa shape index (κ3) is 3.49. The second-order valence-corrected chi connectivity index (χ2v) is 3.30. The van der Waals surface area contributed by atoms with E-state index in [0.29, 0.717) is 0 Å². The first-order valence-corrected chi connectivity index (χ1v) is 5.05. The van der Waals surface area contributed by atoms with Crippen LogP contribution in [0.1, 0.15) is 37.7 Å². The summed E-state index contributed by atoms with van der Waals surface area (Å²) in [5.74, 6) is 2.21. The van der Waals surface area contributed by atoms with Crippen LogP contribution in [0.2, 0.25) is 0 Å². The molecule has 1 aromatic rings. The SMILES string of the molecule is C=CCCc1ccc(CCCC)o1. The number of hydrogen-bond acceptors (Lipinski definition) is 1. The molecule has 0 unspecified atom stereocenters. The Morgan fingerprint density at radius 3 is 2.62 bits per heavy atom. The highest BCUT2D eigenvalue weighted by Crippen LogP contribution is 2.12. The Labute approximate surface area is 80.5 Å². The Bertz CT molecular complexity index is 247. The Kier molecular flexibility index (Phi) is 4.37. The van der Waals surface area contributed by atoms with Crippen LogP contribution in [-0.2, 0) is 12.8 Å². The zero-order valence-electron chi connectivity index (χ0n) is 8.38. The average Bonchev–Trinajstić information content (AvgIpc) is 2.59. The highest BCUT2D eigenvalue weighted by molar-refractivity contribution is 5.07. The van der Waals surface area contributed by atoms with Crippen molar-refractivity contribution in [1.29, 1.82) is 0 Å². The molecule has 1 heterocycles. The summed E-state index contributed by atoms with van der Waals surface area (Å²) in [4.78, 5) is 0. The molecule has 0 bridgehead atoms. The highest BCUT2D eigenvalue weighted by atomic mass is 16.3. The van der Waals surface area contributed by atoms with E-state index in [1.54, 1.807) is 0 Å². The van der Waals surface area contributed by atoms with Gasteiger partial charge >= 0.3 is 0 Å². The van der Waals surface area contributed by atoms with E-state index in [1.807, 2.05) is 6.08 Å². The second kappa shape index (κ2) is 5.63. The van der Waals surface area contributed by atoms with E-state index in [0.717, 1.165) is 30.8 Å². The molecule has 1 rings (SSSR count). The molecule has 1 aromatic heterocycles. The quantitative estimate of drug-likeness (QED) is 0.605. The van der Waals surface area contributed by atoms with Crippen LogP contribution >= 0.6 is 0 Å². The van der Waals surface area contributed by atoms with Crippen molar-refractivity contribution < 1.29 is 4.42 Å². The van der Waals surface area contributed by atoms with Crippen molar-refractivity contribution >= 4 is 0 Å². The molecule has 1 nitrogen and oxygen atoms in total. The lowest BCUT2D eigenvalue weighted by Crippen LogP contribution is -1.80. The number of hydrogen-bond donors (Lipinski definition) is 0. The monoisotopic (exact) mass is 178 g/mol. The fourth-order valence-corrected chi connectivity index (χ4v) is 1.29. The minimum atomic E-state index is 0.982. The molecule has 0 aliphatic rings. The minimum absolute atomic E-state index is 0.982. The van der Waals surface area contributed by atoms with Gasteiger partial charge in [0.2, 0.25) is 0 Å². The third-order valence-electron chi connectivity index (χ3n) is 2.09. The Hall–Kier alpha value is -0.980. The van der Waals surface area contributed by atoms with Gasteiger partial charge in [-0.25, -0.2) is 0 Å². The molecule has 0 radical (unpaired) electrons. The number of allylic oxidation sites excluding steroid dienone is 1. The predicted molar refractivity (Wildman–Crippen MR) is 55.8 cm³/mol. The van der Waals surface area contributed by atoms with E-state index in [9.17, 15) is 0 Å². The molecule has 72 valence electrons. The lowest BCUT2D eigenvalue weighted by Gasteiger charge is -1.94. The standard InChI is InChI=1S/C12H18O/c1-3-5-7-11-9-10-12(13-11)8-6-4-2/h3,9-10H,1,4-8H2,2H3. The molecule has 0 saturated carbocycles. The third-order valence-corrected chi connectivity index (χ3v) is 2.09. The molecule has 0 saturated heterocycles. The lowest BCUT2D eigenvalue weighted by atomic mass is 10.2. The fraction of sp³-hybridized carbons (Fsp3) is 0.500. The number of rotatable bonds is 6. The molecule has 0 amide bonds. The van der Waals surface area contributed by atoms with Crippen LogP contribution in [0.25, 0.3) is 0 Å². The molecule has 0 atom stereocenters. The van der Waals surface area contributed by atoms with Crippen molar-refractivity contribution in [2.24, 2.45) is 0 Å². The molecule has 0 fully saturated rings. The van der Waals surface area contributed by atoms with Gasteiger partial charge in [-0.1, -0.05) is 19.4 Å². The van der Waals surface area contributed by atoms with Gasteiger partial charge in [0.25, 0.3) is 0 Å². The van der Waals surface area contributed by atoms with Gasteiger partial charge in [0.1, 0.15) is 11.5 Å². The van der Waals surface area contributed by atoms with Gasteiger partial charge < -0.3 is 4.42 Å². The number of furan rings is 1. The summed E-state index contributed by atoms with van der Waals surface area (Å²) < 4.78 is 5.64. The molecular formula is C12H18O. The maximum absolute atomic E-state index is 5.64. The van der Waals surface area contributed by atoms with Crippen molar-refractivity contribution in [3.8, 4) is 0 Å². The molecule has 0 spiro atoms. The van der Waals surface area contributed by atoms with Crippen LogP contribution in [0.3, 0.4) is 0 Å². The van der Waals surface area contributed by atoms with E-state index in [-0.39, 0.29) is 0 Å². The van der Waals surface area contributed by atoms with E-state index >= 15 is 0 Å². The molecule has 0 aliphatic heterocycles. The van der Waals surface area contributed by atoms with Crippen molar-refractivity contribution in [2.75, 3.05) is 0 Å². The van der Waals surface area contributed by atoms with E-state index in [4.69, 9.17) is 4.42 Å². The Morgan fingerprint density at radius 1 is 1.31 bits per heavy atom. The summed E-state index contributed by atoms with van der Waals surface area (Å²) in [7, 11) is 0. The summed E-state index contributed by atoms with van der Waals surface area (Å²) in [5, 5.41) is 0. The maximum Gasteiger partial charge on any atom is 0.104 e. The van der Waals surface area contributed by atoms with Crippen LogP contribution < -0.4 is 0 Å². The molecular weight excluding hydrogens is 160 g/mol. The van der Waals surface area contributed by atoms with Crippen LogP contribution in [0.5, 0.6) is 0 Å². The average molecular weight is 178 g/mol. The summed E-state index contributed by atoms with van der Waals surface area (Å²) >= 11 is 0. The normalized spacial score (nSPS) is 10.2. The van der Waals surface area contributed by atoms with E-state index < -0.39 is 0 Å². The zero-order valence-corrected chi connectivity index (χ0v) is 8.38. The highest BCUT2D eigenvalue weighted by Gasteiger charge is 2.00. The second-order valence-electron chi connectivity index (χ2n) is 3.30. The van der Waals surface area contributed by atoms with Crippen molar-refractivity contribution in [2.45, 2.75) is 39.0 Å². The van der Waals surface area contributed by atoms with Gasteiger partial charge in [-0.15, -0.1) is 6.58 Å². The van der Waals surface area contributed by atoms with Crippen molar-refractivity contribution in [3.63, 3.8) is 0 Å². The largest absolute Gasteiger partial charge is 0.466 e. The first-order chi connectivity index (χ1) is 6.36. The predicted octanol–water partition coefficient (Wildman–Crippen LogP) is 3.74. The van der Waals surface area contributed by atoms with Crippen LogP contribution in [0.15, 0.2) is 29.2 Å². The van der Waals surface area contributed by atoms with Gasteiger partial charge in [-0.05, 0) is 25.0 Å². The van der Waals surface area contributed by atoms with Gasteiger partial charge in [0.15, 0.2) is 0 Å². The van der Waals surface area contributed by atoms with Crippen molar-refractivity contribution in [3.05, 3.63) is 36.3 Å². The molecule has 1 heteroatoms. The molecule has 0 aromatic carbocycles. The maximum atomic E-state index is 5.64. The molecule has 0 aliphatic carbocycles. The molecule has 0 N–H and O–H groups in total. The van der Waals surface area contributed by atoms with Crippen LogP contribution in [-0.4, -0.2) is 0 Å². The Morgan fingerprint density at radius 2 is 2.00 bits per heavy atom. The number of unbranched alkanes of at least 4 members (excludes halogenated alkanes) is 1. The zero-order chi connectivity index (χ0) is 9.52. The summed E-state index contributed by atoms with van der Waals surface area (Å²) in [5.41, 5.74) is 0. The lowest BCUT2D eigenvalue weighted by molar-refractivity contribution is 0.459. The van der Waals surface area contributed by atoms with Crippen molar-refractivity contribution in [1.82, 2.24) is 0 Å². The first-order valence-electron chi connectivity index (χ1n) is 5.05. The van der Waals surface area contributed by atoms with Gasteiger partial charge in [0, 0.05) is 12.8 Å². The summed E-state index contributed by atoms with van der Waals surface area (Å²) in [6.45, 7) is 5.89. The smallest absolute Gasteiger partial charge is 0.104 e. The van der Waals surface area contributed by atoms with Crippen LogP contribution in [0.4, 0.5) is 0 Å². The summed E-state index contributed by atoms with van der Waals surface area (Å²) in [6, 6.07) is 4.17. The van der Waals surface area contributed by atoms with E-state index in [1.165, 1.54) is 12.8 Å². The fourth-order valence-electron chi connectivity index (χ4n) is 1.29. The van der Waals surface area contributed by atoms with E-state index in [2.05, 4.69) is 25.6 Å². The van der Waals surface area contributed by atoms with Crippen LogP contribution in [0, 0.1) is 0 Å². The number of aryl methyl sites for hydroxylation is 2. The van der Waals surface area contributed by atoms with Gasteiger partial charge in [-0.3, -0.25) is 0 Å².